The maximum atomic E-state index is 12.2. The Labute approximate surface area is 150 Å². The summed E-state index contributed by atoms with van der Waals surface area (Å²) in [6.45, 7) is 4.19. The van der Waals surface area contributed by atoms with Gasteiger partial charge in [-0.1, -0.05) is 29.3 Å². The van der Waals surface area contributed by atoms with Crippen LogP contribution in [0.25, 0.3) is 0 Å². The fraction of sp³-hybridized carbons (Fsp3) is 0.353. The van der Waals surface area contributed by atoms with Crippen molar-refractivity contribution in [1.82, 2.24) is 9.80 Å². The van der Waals surface area contributed by atoms with Gasteiger partial charge in [0.05, 0.1) is 16.3 Å². The Morgan fingerprint density at radius 2 is 1.79 bits per heavy atom. The molecule has 0 unspecified atom stereocenters. The van der Waals surface area contributed by atoms with Crippen molar-refractivity contribution in [2.24, 2.45) is 0 Å². The first kappa shape index (κ1) is 17.1. The van der Waals surface area contributed by atoms with Crippen molar-refractivity contribution in [3.05, 3.63) is 52.4 Å². The molecule has 3 rings (SSSR count). The third-order valence-corrected chi connectivity index (χ3v) is 4.56. The molecule has 0 atom stereocenters. The lowest BCUT2D eigenvalue weighted by Gasteiger charge is -2.34. The topological polar surface area (TPSA) is 45.9 Å². The maximum absolute atomic E-state index is 12.2. The molecule has 0 bridgehead atoms. The predicted molar refractivity (Wildman–Crippen MR) is 93.0 cm³/mol. The lowest BCUT2D eigenvalue weighted by molar-refractivity contribution is 0.0590. The third-order valence-electron chi connectivity index (χ3n) is 3.96. The Morgan fingerprint density at radius 1 is 1.08 bits per heavy atom. The first-order chi connectivity index (χ1) is 11.6. The van der Waals surface area contributed by atoms with Gasteiger partial charge in [0.15, 0.2) is 11.5 Å². The Balaban J connectivity index is 1.44. The molecule has 7 heteroatoms. The fourth-order valence-corrected chi connectivity index (χ4v) is 3.13. The number of carbonyl (C=O) groups excluding carboxylic acids is 1. The van der Waals surface area contributed by atoms with Gasteiger partial charge in [0.1, 0.15) is 6.61 Å². The smallest absolute Gasteiger partial charge is 0.289 e. The van der Waals surface area contributed by atoms with Crippen LogP contribution in [0.15, 0.2) is 41.0 Å². The molecule has 1 fully saturated rings. The van der Waals surface area contributed by atoms with E-state index >= 15 is 0 Å². The lowest BCUT2D eigenvalue weighted by Crippen LogP contribution is -2.49. The number of furan rings is 1. The van der Waals surface area contributed by atoms with Gasteiger partial charge in [0.2, 0.25) is 0 Å². The van der Waals surface area contributed by atoms with Crippen molar-refractivity contribution in [2.45, 2.75) is 0 Å². The number of hydrogen-bond acceptors (Lipinski definition) is 4. The highest BCUT2D eigenvalue weighted by Gasteiger charge is 2.23. The first-order valence-corrected chi connectivity index (χ1v) is 8.52. The molecule has 24 heavy (non-hydrogen) atoms. The average Bonchev–Trinajstić information content (AvgIpc) is 3.12. The van der Waals surface area contributed by atoms with Crippen molar-refractivity contribution >= 4 is 29.1 Å². The summed E-state index contributed by atoms with van der Waals surface area (Å²) in [6, 6.07) is 8.70. The highest BCUT2D eigenvalue weighted by Crippen LogP contribution is 2.32. The number of amides is 1. The predicted octanol–water partition coefficient (Wildman–Crippen LogP) is 3.42. The second kappa shape index (κ2) is 7.92. The van der Waals surface area contributed by atoms with Gasteiger partial charge in [-0.25, -0.2) is 0 Å². The van der Waals surface area contributed by atoms with E-state index in [9.17, 15) is 4.79 Å². The summed E-state index contributed by atoms with van der Waals surface area (Å²) in [7, 11) is 0. The van der Waals surface area contributed by atoms with Gasteiger partial charge in [-0.3, -0.25) is 9.69 Å². The summed E-state index contributed by atoms with van der Waals surface area (Å²) in [5.74, 6) is 0.853. The van der Waals surface area contributed by atoms with Crippen LogP contribution >= 0.6 is 23.2 Å². The molecule has 1 aliphatic heterocycles. The molecule has 128 valence electrons. The van der Waals surface area contributed by atoms with Crippen LogP contribution in [0.5, 0.6) is 5.75 Å². The van der Waals surface area contributed by atoms with Gasteiger partial charge < -0.3 is 14.1 Å². The minimum Gasteiger partial charge on any atom is -0.489 e. The molecule has 1 aliphatic rings. The van der Waals surface area contributed by atoms with E-state index in [-0.39, 0.29) is 5.91 Å². The monoisotopic (exact) mass is 368 g/mol. The first-order valence-electron chi connectivity index (χ1n) is 7.77. The van der Waals surface area contributed by atoms with Crippen molar-refractivity contribution in [1.29, 1.82) is 0 Å². The van der Waals surface area contributed by atoms with Crippen LogP contribution in [0.3, 0.4) is 0 Å². The molecule has 1 aromatic carbocycles. The summed E-state index contributed by atoms with van der Waals surface area (Å²) in [5, 5.41) is 1.02. The molecule has 2 heterocycles. The number of nitrogens with zero attached hydrogens (tertiary/aromatic N) is 2. The number of hydrogen-bond donors (Lipinski definition) is 0. The number of rotatable bonds is 5. The summed E-state index contributed by atoms with van der Waals surface area (Å²) in [5.41, 5.74) is 0. The number of benzene rings is 1. The van der Waals surface area contributed by atoms with E-state index in [0.29, 0.717) is 41.3 Å². The van der Waals surface area contributed by atoms with Crippen molar-refractivity contribution < 1.29 is 13.9 Å². The Hall–Kier alpha value is -1.69. The molecule has 0 N–H and O–H groups in total. The fourth-order valence-electron chi connectivity index (χ4n) is 2.63. The molecule has 5 nitrogen and oxygen atoms in total. The van der Waals surface area contributed by atoms with E-state index in [1.54, 1.807) is 35.2 Å². The molecule has 1 aromatic heterocycles. The lowest BCUT2D eigenvalue weighted by atomic mass is 10.3. The van der Waals surface area contributed by atoms with E-state index in [1.165, 1.54) is 6.26 Å². The van der Waals surface area contributed by atoms with E-state index in [1.807, 2.05) is 0 Å². The van der Waals surface area contributed by atoms with Gasteiger partial charge in [0, 0.05) is 32.7 Å². The largest absolute Gasteiger partial charge is 0.489 e. The third kappa shape index (κ3) is 4.04. The molecule has 0 radical (unpaired) electrons. The highest BCUT2D eigenvalue weighted by atomic mass is 35.5. The van der Waals surface area contributed by atoms with E-state index in [0.717, 1.165) is 19.6 Å². The van der Waals surface area contributed by atoms with Gasteiger partial charge in [-0.15, -0.1) is 0 Å². The molecule has 1 saturated heterocycles. The SMILES string of the molecule is O=C(c1ccco1)N1CCN(CCOc2c(Cl)cccc2Cl)CC1. The van der Waals surface area contributed by atoms with Crippen molar-refractivity contribution in [3.8, 4) is 5.75 Å². The van der Waals surface area contributed by atoms with E-state index < -0.39 is 0 Å². The zero-order valence-corrected chi connectivity index (χ0v) is 14.6. The Bertz CT molecular complexity index is 663. The Morgan fingerprint density at radius 3 is 2.42 bits per heavy atom. The average molecular weight is 369 g/mol. The molecule has 0 spiro atoms. The molecule has 1 amide bonds. The zero-order valence-electron chi connectivity index (χ0n) is 13.1. The van der Waals surface area contributed by atoms with Crippen LogP contribution in [0.4, 0.5) is 0 Å². The highest BCUT2D eigenvalue weighted by molar-refractivity contribution is 6.37. The van der Waals surface area contributed by atoms with Crippen LogP contribution < -0.4 is 4.74 Å². The number of ether oxygens (including phenoxy) is 1. The molecule has 0 saturated carbocycles. The number of para-hydroxylation sites is 1. The summed E-state index contributed by atoms with van der Waals surface area (Å²) in [4.78, 5) is 16.3. The molecular weight excluding hydrogens is 351 g/mol. The molecule has 2 aromatic rings. The summed E-state index contributed by atoms with van der Waals surface area (Å²) < 4.78 is 10.9. The van der Waals surface area contributed by atoms with E-state index in [4.69, 9.17) is 32.4 Å². The van der Waals surface area contributed by atoms with Crippen LogP contribution in [-0.4, -0.2) is 55.0 Å². The number of halogens is 2. The maximum Gasteiger partial charge on any atom is 0.289 e. The Kier molecular flexibility index (Phi) is 5.66. The second-order valence-corrected chi connectivity index (χ2v) is 6.32. The summed E-state index contributed by atoms with van der Waals surface area (Å²) >= 11 is 12.2. The minimum atomic E-state index is -0.0567. The van der Waals surface area contributed by atoms with Crippen LogP contribution in [-0.2, 0) is 0 Å². The zero-order chi connectivity index (χ0) is 16.9. The van der Waals surface area contributed by atoms with Gasteiger partial charge >= 0.3 is 0 Å². The van der Waals surface area contributed by atoms with Gasteiger partial charge in [-0.05, 0) is 24.3 Å². The normalized spacial score (nSPS) is 15.5. The van der Waals surface area contributed by atoms with Gasteiger partial charge in [-0.2, -0.15) is 0 Å². The molecular formula is C17H18Cl2N2O3. The summed E-state index contributed by atoms with van der Waals surface area (Å²) in [6.07, 6.45) is 1.51. The van der Waals surface area contributed by atoms with Gasteiger partial charge in [0.25, 0.3) is 5.91 Å². The van der Waals surface area contributed by atoms with Crippen LogP contribution in [0.2, 0.25) is 10.0 Å². The van der Waals surface area contributed by atoms with E-state index in [2.05, 4.69) is 4.90 Å². The van der Waals surface area contributed by atoms with Crippen molar-refractivity contribution in [2.75, 3.05) is 39.3 Å². The minimum absolute atomic E-state index is 0.0567. The van der Waals surface area contributed by atoms with Crippen LogP contribution in [0.1, 0.15) is 10.6 Å². The number of carbonyl (C=O) groups is 1. The molecule has 0 aliphatic carbocycles. The second-order valence-electron chi connectivity index (χ2n) is 5.51. The van der Waals surface area contributed by atoms with Crippen molar-refractivity contribution in [3.63, 3.8) is 0 Å². The quantitative estimate of drug-likeness (QED) is 0.810. The standard InChI is InChI=1S/C17H18Cl2N2O3/c18-13-3-1-4-14(19)16(13)24-12-10-20-6-8-21(9-7-20)17(22)15-5-2-11-23-15/h1-5,11H,6-10,12H2. The van der Waals surface area contributed by atoms with Crippen LogP contribution in [0, 0.1) is 0 Å². The number of piperazine rings is 1.